The fourth-order valence-corrected chi connectivity index (χ4v) is 11.1. The number of carbonyl (C=O) groups is 8. The fourth-order valence-electron chi connectivity index (χ4n) is 11.1. The second-order valence-corrected chi connectivity index (χ2v) is 21.4. The van der Waals surface area contributed by atoms with E-state index in [1.165, 1.54) is 52.0 Å². The minimum atomic E-state index is -2.50. The number of Topliss-reactive ketones (excluding diaryl/α,β-unsaturated/α-hetero) is 1. The molecule has 11 atom stereocenters. The molecule has 1 heterocycles. The Morgan fingerprint density at radius 3 is 2.05 bits per heavy atom. The summed E-state index contributed by atoms with van der Waals surface area (Å²) in [5, 5.41) is 43.2. The van der Waals surface area contributed by atoms with Crippen molar-refractivity contribution in [2.24, 2.45) is 16.7 Å². The van der Waals surface area contributed by atoms with Crippen LogP contribution in [0.1, 0.15) is 102 Å². The van der Waals surface area contributed by atoms with Gasteiger partial charge in [-0.1, -0.05) is 92.7 Å². The normalized spacial score (nSPS) is 27.9. The molecule has 1 saturated heterocycles. The first kappa shape index (κ1) is 57.5. The summed E-state index contributed by atoms with van der Waals surface area (Å²) in [7, 11) is 0. The van der Waals surface area contributed by atoms with Gasteiger partial charge in [0, 0.05) is 31.7 Å². The van der Waals surface area contributed by atoms with Crippen molar-refractivity contribution in [1.29, 1.82) is 0 Å². The van der Waals surface area contributed by atoms with Crippen molar-refractivity contribution in [3.8, 4) is 0 Å². The molecular formula is C56H66N2O19. The van der Waals surface area contributed by atoms with Gasteiger partial charge in [-0.05, 0) is 69.0 Å². The number of esters is 5. The van der Waals surface area contributed by atoms with Crippen LogP contribution in [-0.2, 0) is 68.5 Å². The maximum Gasteiger partial charge on any atom is 0.408 e. The molecule has 0 radical (unpaired) electrons. The Balaban J connectivity index is 1.24. The molecule has 2 bridgehead atoms. The summed E-state index contributed by atoms with van der Waals surface area (Å²) in [4.78, 5) is 110. The smallest absolute Gasteiger partial charge is 0.408 e. The topological polar surface area (TPSA) is 295 Å². The Kier molecular flexibility index (Phi) is 17.0. The molecule has 3 aliphatic carbocycles. The molecule has 0 spiro atoms. The maximum absolute atomic E-state index is 15.3. The molecule has 4 aliphatic rings. The SMILES string of the molecule is CC(=O)O[C@@]12CO[C@@H]1C[C@H](O)[C@@]1(C)C(=O)[C@H](O)C3=C(C)[C@@H](OC(=O)[C@H](OC(=O)COC(=O)CCNC(=O)OCc4ccccc4)[C@@H](NC(=O)OC(C)(C)C)c4ccccc4)CC(O)(C(OC(=O)c4ccccc4)[C@H]21)C3(C)C. The number of hydrogen-bond donors (Lipinski definition) is 5. The highest BCUT2D eigenvalue weighted by Gasteiger charge is 2.78. The lowest BCUT2D eigenvalue weighted by atomic mass is 9.44. The van der Waals surface area contributed by atoms with Gasteiger partial charge in [0.25, 0.3) is 0 Å². The molecule has 3 fully saturated rings. The summed E-state index contributed by atoms with van der Waals surface area (Å²) in [6.45, 7) is 9.97. The summed E-state index contributed by atoms with van der Waals surface area (Å²) < 4.78 is 46.1. The van der Waals surface area contributed by atoms with Crippen molar-refractivity contribution in [3.05, 3.63) is 119 Å². The van der Waals surface area contributed by atoms with Gasteiger partial charge < -0.3 is 63.8 Å². The first-order valence-corrected chi connectivity index (χ1v) is 25.2. The van der Waals surface area contributed by atoms with Crippen LogP contribution >= 0.6 is 0 Å². The first-order valence-electron chi connectivity index (χ1n) is 25.2. The highest BCUT2D eigenvalue weighted by molar-refractivity contribution is 5.94. The molecule has 2 saturated carbocycles. The zero-order chi connectivity index (χ0) is 56.3. The minimum absolute atomic E-state index is 0.0183. The number of ketones is 1. The molecule has 2 unspecified atom stereocenters. The van der Waals surface area contributed by atoms with Crippen LogP contribution in [0.4, 0.5) is 9.59 Å². The number of benzene rings is 3. The zero-order valence-corrected chi connectivity index (χ0v) is 44.1. The average molecular weight is 1070 g/mol. The summed E-state index contributed by atoms with van der Waals surface area (Å²) in [6.07, 6.45) is -13.7. The molecule has 5 N–H and O–H groups in total. The van der Waals surface area contributed by atoms with Crippen LogP contribution in [0.2, 0.25) is 0 Å². The van der Waals surface area contributed by atoms with Gasteiger partial charge in [0.2, 0.25) is 6.10 Å². The number of amides is 2. The summed E-state index contributed by atoms with van der Waals surface area (Å²) in [6, 6.07) is 22.8. The highest BCUT2D eigenvalue weighted by Crippen LogP contribution is 2.64. The van der Waals surface area contributed by atoms with Crippen molar-refractivity contribution < 1.29 is 91.6 Å². The number of aliphatic hydroxyl groups excluding tert-OH is 2. The van der Waals surface area contributed by atoms with E-state index < -0.39 is 143 Å². The second kappa shape index (κ2) is 22.8. The van der Waals surface area contributed by atoms with Gasteiger partial charge >= 0.3 is 42.0 Å². The van der Waals surface area contributed by atoms with Crippen molar-refractivity contribution in [3.63, 3.8) is 0 Å². The molecule has 77 heavy (non-hydrogen) atoms. The van der Waals surface area contributed by atoms with E-state index in [4.69, 9.17) is 37.9 Å². The number of aliphatic hydroxyl groups is 3. The van der Waals surface area contributed by atoms with E-state index in [1.54, 1.807) is 87.5 Å². The maximum atomic E-state index is 15.3. The quantitative estimate of drug-likeness (QED) is 0.0740. The molecule has 3 aromatic carbocycles. The van der Waals surface area contributed by atoms with E-state index in [0.717, 1.165) is 12.5 Å². The average Bonchev–Trinajstić information content (AvgIpc) is 3.47. The Morgan fingerprint density at radius 1 is 0.831 bits per heavy atom. The van der Waals surface area contributed by atoms with Crippen molar-refractivity contribution in [1.82, 2.24) is 10.6 Å². The number of ether oxygens (including phenoxy) is 8. The highest BCUT2D eigenvalue weighted by atomic mass is 16.6. The number of carbonyl (C=O) groups excluding carboxylic acids is 8. The molecule has 0 aromatic heterocycles. The Hall–Kier alpha value is -7.20. The third kappa shape index (κ3) is 11.9. The first-order chi connectivity index (χ1) is 36.2. The molecule has 2 amide bonds. The Bertz CT molecular complexity index is 2740. The van der Waals surface area contributed by atoms with Crippen molar-refractivity contribution in [2.75, 3.05) is 19.8 Å². The van der Waals surface area contributed by atoms with E-state index in [-0.39, 0.29) is 48.5 Å². The number of fused-ring (bicyclic) bond motifs is 5. The predicted octanol–water partition coefficient (Wildman–Crippen LogP) is 4.67. The molecule has 7 rings (SSSR count). The lowest BCUT2D eigenvalue weighted by molar-refractivity contribution is -0.346. The van der Waals surface area contributed by atoms with Crippen LogP contribution in [0, 0.1) is 16.7 Å². The van der Waals surface area contributed by atoms with E-state index >= 15 is 9.59 Å². The number of nitrogens with one attached hydrogen (secondary N) is 2. The molecule has 21 heteroatoms. The molecule has 3 aromatic rings. The van der Waals surface area contributed by atoms with E-state index in [1.807, 2.05) is 0 Å². The van der Waals surface area contributed by atoms with Gasteiger partial charge in [0.1, 0.15) is 48.3 Å². The fraction of sp³-hybridized carbons (Fsp3) is 0.500. The van der Waals surface area contributed by atoms with Crippen molar-refractivity contribution >= 4 is 47.8 Å². The molecule has 414 valence electrons. The van der Waals surface area contributed by atoms with Gasteiger partial charge in [-0.2, -0.15) is 0 Å². The summed E-state index contributed by atoms with van der Waals surface area (Å²) in [5.41, 5.74) is -8.45. The third-order valence-corrected chi connectivity index (χ3v) is 15.0. The van der Waals surface area contributed by atoms with Gasteiger partial charge in [-0.3, -0.25) is 14.4 Å². The number of hydrogen-bond acceptors (Lipinski definition) is 19. The predicted molar refractivity (Wildman–Crippen MR) is 268 cm³/mol. The second-order valence-electron chi connectivity index (χ2n) is 21.4. The Morgan fingerprint density at radius 2 is 1.45 bits per heavy atom. The van der Waals surface area contributed by atoms with E-state index in [9.17, 15) is 44.1 Å². The van der Waals surface area contributed by atoms with Gasteiger partial charge in [0.05, 0.1) is 36.0 Å². The standard InChI is InChI=1S/C56H66N2O19/c1-31-36(27-56(69)47(75-48(65)35-22-16-11-17-23-35)45-54(8,46(64)43(63)41(31)53(56,6)7)37(60)26-38-55(45,30-72-38)76-32(2)59)73-49(66)44(42(34-20-14-10-15-21-34)58-51(68)77-52(3,4)5)74-40(62)29-70-39(61)24-25-57-50(67)71-28-33-18-12-9-13-19-33/h9-23,36-38,42-45,47,60,63,69H,24-30H2,1-8H3,(H,57,67)(H,58,68)/t36-,37-,38+,42-,43+,44+,45-,47?,54+,55-,56?/m0/s1. The molecule has 21 nitrogen and oxygen atoms in total. The van der Waals surface area contributed by atoms with E-state index in [2.05, 4.69) is 10.6 Å². The Labute approximate surface area is 444 Å². The van der Waals surface area contributed by atoms with Crippen LogP contribution in [0.5, 0.6) is 0 Å². The van der Waals surface area contributed by atoms with Crippen LogP contribution in [-0.4, -0.2) is 136 Å². The van der Waals surface area contributed by atoms with Gasteiger partial charge in [-0.25, -0.2) is 24.0 Å². The van der Waals surface area contributed by atoms with Gasteiger partial charge in [0.15, 0.2) is 18.0 Å². The molecular weight excluding hydrogens is 1000 g/mol. The largest absolute Gasteiger partial charge is 0.455 e. The van der Waals surface area contributed by atoms with Crippen LogP contribution in [0.15, 0.2) is 102 Å². The monoisotopic (exact) mass is 1070 g/mol. The number of rotatable bonds is 16. The van der Waals surface area contributed by atoms with Crippen LogP contribution in [0.3, 0.4) is 0 Å². The van der Waals surface area contributed by atoms with Gasteiger partial charge in [-0.15, -0.1) is 0 Å². The minimum Gasteiger partial charge on any atom is -0.455 e. The lowest BCUT2D eigenvalue weighted by Crippen LogP contribution is -2.81. The summed E-state index contributed by atoms with van der Waals surface area (Å²) >= 11 is 0. The van der Waals surface area contributed by atoms with Crippen LogP contribution < -0.4 is 10.6 Å². The van der Waals surface area contributed by atoms with Crippen LogP contribution in [0.25, 0.3) is 0 Å². The lowest BCUT2D eigenvalue weighted by Gasteiger charge is -2.67. The zero-order valence-electron chi connectivity index (χ0n) is 44.1. The summed E-state index contributed by atoms with van der Waals surface area (Å²) in [5.74, 6) is -8.05. The van der Waals surface area contributed by atoms with E-state index in [0.29, 0.717) is 0 Å². The number of alkyl carbamates (subject to hydrolysis) is 2. The van der Waals surface area contributed by atoms with Crippen molar-refractivity contribution in [2.45, 2.75) is 141 Å². The molecule has 1 aliphatic heterocycles. The third-order valence-electron chi connectivity index (χ3n) is 15.0.